The quantitative estimate of drug-likeness (QED) is 0.459. The SMILES string of the molecule is Cn1c(/C(C#N)=C(\O)COC(=O)C2CCN(C(=O)C(C)(C)C)CC2)nc2ccccc21. The third-order valence-corrected chi connectivity index (χ3v) is 5.52. The molecule has 1 N–H and O–H groups in total. The van der Waals surface area contributed by atoms with Crippen LogP contribution in [0, 0.1) is 22.7 Å². The predicted molar refractivity (Wildman–Crippen MR) is 116 cm³/mol. The molecule has 1 aromatic heterocycles. The Kier molecular flexibility index (Phi) is 6.34. The number of hydrogen-bond donors (Lipinski definition) is 1. The molecule has 0 bridgehead atoms. The number of aliphatic hydroxyl groups is 1. The Morgan fingerprint density at radius 2 is 1.90 bits per heavy atom. The van der Waals surface area contributed by atoms with Gasteiger partial charge in [0.15, 0.2) is 11.6 Å². The van der Waals surface area contributed by atoms with Gasteiger partial charge in [0.2, 0.25) is 5.91 Å². The van der Waals surface area contributed by atoms with Crippen molar-refractivity contribution in [2.75, 3.05) is 19.7 Å². The van der Waals surface area contributed by atoms with Crippen molar-refractivity contribution in [3.8, 4) is 6.07 Å². The number of carbonyl (C=O) groups excluding carboxylic acids is 2. The fraction of sp³-hybridized carbons (Fsp3) is 0.478. The molecule has 1 saturated heterocycles. The first-order valence-corrected chi connectivity index (χ1v) is 10.3. The third kappa shape index (κ3) is 4.71. The average molecular weight is 425 g/mol. The number of benzene rings is 1. The van der Waals surface area contributed by atoms with Crippen molar-refractivity contribution in [3.63, 3.8) is 0 Å². The molecule has 0 atom stereocenters. The average Bonchev–Trinajstić information content (AvgIpc) is 3.08. The van der Waals surface area contributed by atoms with Crippen LogP contribution in [0.2, 0.25) is 0 Å². The standard InChI is InChI=1S/C23H28N4O4/c1-23(2,3)22(30)27-11-9-15(10-12-27)21(29)31-14-19(28)16(13-24)20-25-17-7-5-6-8-18(17)26(20)4/h5-8,15,28H,9-12,14H2,1-4H3/b19-16-. The zero-order valence-electron chi connectivity index (χ0n) is 18.4. The smallest absolute Gasteiger partial charge is 0.309 e. The Balaban J connectivity index is 1.64. The number of ether oxygens (including phenoxy) is 1. The first kappa shape index (κ1) is 22.3. The summed E-state index contributed by atoms with van der Waals surface area (Å²) in [6.07, 6.45) is 1.03. The number of aromatic nitrogens is 2. The lowest BCUT2D eigenvalue weighted by molar-refractivity contribution is -0.152. The highest BCUT2D eigenvalue weighted by Gasteiger charge is 2.33. The Labute approximate surface area is 181 Å². The molecule has 164 valence electrons. The van der Waals surface area contributed by atoms with Gasteiger partial charge in [-0.1, -0.05) is 32.9 Å². The molecule has 0 spiro atoms. The van der Waals surface area contributed by atoms with Crippen molar-refractivity contribution < 1.29 is 19.4 Å². The Morgan fingerprint density at radius 3 is 2.48 bits per heavy atom. The molecule has 0 saturated carbocycles. The van der Waals surface area contributed by atoms with Crippen molar-refractivity contribution in [2.24, 2.45) is 18.4 Å². The number of carbonyl (C=O) groups is 2. The number of hydrogen-bond acceptors (Lipinski definition) is 6. The van der Waals surface area contributed by atoms with Crippen LogP contribution in [0.4, 0.5) is 0 Å². The molecule has 2 aromatic rings. The number of nitriles is 1. The van der Waals surface area contributed by atoms with Gasteiger partial charge in [-0.3, -0.25) is 9.59 Å². The molecule has 31 heavy (non-hydrogen) atoms. The van der Waals surface area contributed by atoms with Crippen LogP contribution in [-0.2, 0) is 21.4 Å². The van der Waals surface area contributed by atoms with E-state index in [1.165, 1.54) is 0 Å². The molecule has 1 aliphatic rings. The van der Waals surface area contributed by atoms with Crippen LogP contribution in [0.5, 0.6) is 0 Å². The first-order valence-electron chi connectivity index (χ1n) is 10.3. The van der Waals surface area contributed by atoms with Gasteiger partial charge in [0.1, 0.15) is 18.2 Å². The number of aryl methyl sites for hydroxylation is 1. The number of likely N-dealkylation sites (tertiary alicyclic amines) is 1. The van der Waals surface area contributed by atoms with Gasteiger partial charge in [0.05, 0.1) is 17.0 Å². The van der Waals surface area contributed by atoms with Gasteiger partial charge in [0.25, 0.3) is 0 Å². The Hall–Kier alpha value is -3.34. The van der Waals surface area contributed by atoms with Crippen LogP contribution in [0.15, 0.2) is 30.0 Å². The molecule has 0 radical (unpaired) electrons. The van der Waals surface area contributed by atoms with Crippen molar-refractivity contribution in [2.45, 2.75) is 33.6 Å². The lowest BCUT2D eigenvalue weighted by Crippen LogP contribution is -2.45. The van der Waals surface area contributed by atoms with E-state index in [1.54, 1.807) is 16.5 Å². The zero-order chi connectivity index (χ0) is 22.8. The maximum atomic E-state index is 12.5. The van der Waals surface area contributed by atoms with E-state index in [0.717, 1.165) is 5.52 Å². The summed E-state index contributed by atoms with van der Waals surface area (Å²) in [5, 5.41) is 20.0. The van der Waals surface area contributed by atoms with Gasteiger partial charge >= 0.3 is 5.97 Å². The minimum atomic E-state index is -0.451. The monoisotopic (exact) mass is 424 g/mol. The molecule has 1 aliphatic heterocycles. The normalized spacial score (nSPS) is 16.0. The third-order valence-electron chi connectivity index (χ3n) is 5.52. The summed E-state index contributed by atoms with van der Waals surface area (Å²) in [5.41, 5.74) is 1.05. The minimum absolute atomic E-state index is 0.0305. The van der Waals surface area contributed by atoms with Crippen LogP contribution in [-0.4, -0.2) is 51.1 Å². The second kappa shape index (κ2) is 8.80. The summed E-state index contributed by atoms with van der Waals surface area (Å²) >= 11 is 0. The fourth-order valence-corrected chi connectivity index (χ4v) is 3.73. The Bertz CT molecular complexity index is 1060. The van der Waals surface area contributed by atoms with Crippen LogP contribution in [0.25, 0.3) is 16.6 Å². The minimum Gasteiger partial charge on any atom is -0.507 e. The van der Waals surface area contributed by atoms with E-state index < -0.39 is 18.0 Å². The highest BCUT2D eigenvalue weighted by Crippen LogP contribution is 2.25. The fourth-order valence-electron chi connectivity index (χ4n) is 3.73. The molecule has 2 heterocycles. The van der Waals surface area contributed by atoms with Gasteiger partial charge in [-0.2, -0.15) is 5.26 Å². The van der Waals surface area contributed by atoms with E-state index in [2.05, 4.69) is 4.98 Å². The number of imidazole rings is 1. The molecular weight excluding hydrogens is 396 g/mol. The Morgan fingerprint density at radius 1 is 1.26 bits per heavy atom. The molecule has 8 heteroatoms. The number of fused-ring (bicyclic) bond motifs is 1. The maximum absolute atomic E-state index is 12.5. The molecule has 1 aromatic carbocycles. The maximum Gasteiger partial charge on any atom is 0.309 e. The molecule has 8 nitrogen and oxygen atoms in total. The summed E-state index contributed by atoms with van der Waals surface area (Å²) in [6.45, 7) is 6.24. The number of amides is 1. The molecule has 3 rings (SSSR count). The van der Waals surface area contributed by atoms with Crippen LogP contribution >= 0.6 is 0 Å². The number of rotatable bonds is 4. The number of aliphatic hydroxyl groups excluding tert-OH is 1. The van der Waals surface area contributed by atoms with E-state index in [9.17, 15) is 20.0 Å². The second-order valence-electron chi connectivity index (χ2n) is 8.84. The number of allylic oxidation sites excluding steroid dienone is 1. The summed E-state index contributed by atoms with van der Waals surface area (Å²) in [4.78, 5) is 31.0. The van der Waals surface area contributed by atoms with E-state index in [-0.39, 0.29) is 23.2 Å². The molecule has 0 unspecified atom stereocenters. The van der Waals surface area contributed by atoms with Crippen LogP contribution in [0.3, 0.4) is 0 Å². The lowest BCUT2D eigenvalue weighted by Gasteiger charge is -2.34. The van der Waals surface area contributed by atoms with E-state index >= 15 is 0 Å². The molecular formula is C23H28N4O4. The molecule has 1 amide bonds. The number of nitrogens with zero attached hydrogens (tertiary/aromatic N) is 4. The number of piperidine rings is 1. The van der Waals surface area contributed by atoms with Crippen LogP contribution in [0.1, 0.15) is 39.4 Å². The van der Waals surface area contributed by atoms with Gasteiger partial charge in [-0.15, -0.1) is 0 Å². The van der Waals surface area contributed by atoms with Crippen molar-refractivity contribution in [3.05, 3.63) is 35.8 Å². The first-order chi connectivity index (χ1) is 14.6. The van der Waals surface area contributed by atoms with Crippen molar-refractivity contribution in [1.29, 1.82) is 5.26 Å². The largest absolute Gasteiger partial charge is 0.507 e. The predicted octanol–water partition coefficient (Wildman–Crippen LogP) is 3.19. The highest BCUT2D eigenvalue weighted by atomic mass is 16.5. The highest BCUT2D eigenvalue weighted by molar-refractivity contribution is 5.84. The van der Waals surface area contributed by atoms with E-state index in [4.69, 9.17) is 4.74 Å². The van der Waals surface area contributed by atoms with Crippen molar-refractivity contribution in [1.82, 2.24) is 14.5 Å². The topological polar surface area (TPSA) is 108 Å². The molecule has 0 aliphatic carbocycles. The van der Waals surface area contributed by atoms with Crippen molar-refractivity contribution >= 4 is 28.5 Å². The van der Waals surface area contributed by atoms with E-state index in [0.29, 0.717) is 37.3 Å². The van der Waals surface area contributed by atoms with E-state index in [1.807, 2.05) is 51.1 Å². The zero-order valence-corrected chi connectivity index (χ0v) is 18.4. The summed E-state index contributed by atoms with van der Waals surface area (Å²) < 4.78 is 7.00. The second-order valence-corrected chi connectivity index (χ2v) is 8.84. The number of esters is 1. The molecule has 1 fully saturated rings. The van der Waals surface area contributed by atoms with Gasteiger partial charge in [-0.05, 0) is 25.0 Å². The van der Waals surface area contributed by atoms with Gasteiger partial charge in [0, 0.05) is 25.6 Å². The van der Waals surface area contributed by atoms with Gasteiger partial charge < -0.3 is 19.3 Å². The summed E-state index contributed by atoms with van der Waals surface area (Å²) in [6, 6.07) is 9.37. The van der Waals surface area contributed by atoms with Gasteiger partial charge in [-0.25, -0.2) is 4.98 Å². The number of para-hydroxylation sites is 2. The summed E-state index contributed by atoms with van der Waals surface area (Å²) in [7, 11) is 1.76. The van der Waals surface area contributed by atoms with Crippen LogP contribution < -0.4 is 0 Å². The lowest BCUT2D eigenvalue weighted by atomic mass is 9.91. The summed E-state index contributed by atoms with van der Waals surface area (Å²) in [5.74, 6) is -0.725.